The Hall–Kier alpha value is -6.55. The second-order valence-corrected chi connectivity index (χ2v) is 20.5. The molecule has 0 radical (unpaired) electrons. The Labute approximate surface area is 417 Å². The van der Waals surface area contributed by atoms with Gasteiger partial charge in [-0.3, -0.25) is 14.5 Å². The molecule has 3 aliphatic rings. The molecule has 69 heavy (non-hydrogen) atoms. The lowest BCUT2D eigenvalue weighted by atomic mass is 9.77. The number of hydrogen-bond donors (Lipinski definition) is 2. The first-order valence-corrected chi connectivity index (χ1v) is 25.7. The van der Waals surface area contributed by atoms with Gasteiger partial charge in [-0.2, -0.15) is 0 Å². The van der Waals surface area contributed by atoms with Crippen LogP contribution in [0.3, 0.4) is 0 Å². The number of carbonyl (C=O) groups is 4. The van der Waals surface area contributed by atoms with Crippen LogP contribution in [-0.2, 0) is 39.0 Å². The zero-order chi connectivity index (χ0) is 48.2. The van der Waals surface area contributed by atoms with Crippen molar-refractivity contribution in [3.63, 3.8) is 0 Å². The average molecular weight is 1030 g/mol. The largest absolute Gasteiger partial charge is 0.457 e. The highest BCUT2D eigenvalue weighted by Gasteiger charge is 2.55. The number of halogens is 1. The number of oxime groups is 1. The molecule has 6 aromatic rings. The molecule has 1 saturated carbocycles. The van der Waals surface area contributed by atoms with Crippen LogP contribution < -0.4 is 10.6 Å². The zero-order valence-corrected chi connectivity index (χ0v) is 41.4. The summed E-state index contributed by atoms with van der Waals surface area (Å²) in [5.41, 5.74) is 2.00. The summed E-state index contributed by atoms with van der Waals surface area (Å²) in [5.74, 6) is -2.09. The Balaban J connectivity index is 1.03. The van der Waals surface area contributed by atoms with Crippen LogP contribution in [0.1, 0.15) is 79.6 Å². The predicted molar refractivity (Wildman–Crippen MR) is 272 cm³/mol. The lowest BCUT2D eigenvalue weighted by molar-refractivity contribution is -0.196. The molecule has 2 amide bonds. The summed E-state index contributed by atoms with van der Waals surface area (Å²) in [7, 11) is 0. The van der Waals surface area contributed by atoms with Crippen LogP contribution in [0.15, 0.2) is 173 Å². The Bertz CT molecular complexity index is 2740. The molecule has 2 fully saturated rings. The number of nitrogens with one attached hydrogen (secondary N) is 2. The number of hydrogen-bond acceptors (Lipinski definition) is 12. The highest BCUT2D eigenvalue weighted by atomic mass is 79.9. The van der Waals surface area contributed by atoms with Gasteiger partial charge in [-0.1, -0.05) is 173 Å². The van der Waals surface area contributed by atoms with E-state index in [1.165, 1.54) is 28.0 Å². The van der Waals surface area contributed by atoms with Crippen LogP contribution in [0.2, 0.25) is 0 Å². The molecule has 0 unspecified atom stereocenters. The number of benzene rings is 5. The number of aromatic nitrogens is 1. The first-order valence-electron chi connectivity index (χ1n) is 22.7. The van der Waals surface area contributed by atoms with E-state index in [-0.39, 0.29) is 17.1 Å². The summed E-state index contributed by atoms with van der Waals surface area (Å²) in [5, 5.41) is 12.9. The van der Waals surface area contributed by atoms with Crippen molar-refractivity contribution in [3.8, 4) is 0 Å². The lowest BCUT2D eigenvalue weighted by Gasteiger charge is -2.49. The molecule has 1 aliphatic carbocycles. The number of amides is 2. The number of thioether (sulfide) groups is 1. The van der Waals surface area contributed by atoms with Crippen molar-refractivity contribution in [2.24, 2.45) is 5.16 Å². The minimum atomic E-state index is -1.41. The second-order valence-electron chi connectivity index (χ2n) is 17.9. The molecule has 2 atom stereocenters. The molecular weight excluding hydrogens is 975 g/mol. The summed E-state index contributed by atoms with van der Waals surface area (Å²) in [4.78, 5) is 69.5. The summed E-state index contributed by atoms with van der Waals surface area (Å²) >= 11 is 6.23. The van der Waals surface area contributed by atoms with Crippen molar-refractivity contribution in [3.05, 3.63) is 202 Å². The fourth-order valence-corrected chi connectivity index (χ4v) is 11.5. The van der Waals surface area contributed by atoms with E-state index in [0.717, 1.165) is 27.8 Å². The maximum Gasteiger partial charge on any atom is 0.356 e. The van der Waals surface area contributed by atoms with Crippen LogP contribution in [0.4, 0.5) is 5.13 Å². The monoisotopic (exact) mass is 1020 g/mol. The van der Waals surface area contributed by atoms with Gasteiger partial charge in [0.1, 0.15) is 33.9 Å². The Morgan fingerprint density at radius 1 is 0.812 bits per heavy atom. The normalized spacial score (nSPS) is 17.8. The first-order chi connectivity index (χ1) is 33.4. The maximum absolute atomic E-state index is 14.8. The van der Waals surface area contributed by atoms with Crippen molar-refractivity contribution in [1.82, 2.24) is 15.2 Å². The Morgan fingerprint density at radius 3 is 1.81 bits per heavy atom. The van der Waals surface area contributed by atoms with E-state index in [4.69, 9.17) is 19.3 Å². The fraction of sp³-hybridized carbons (Fsp3) is 0.259. The number of alkyl halides is 1. The first kappa shape index (κ1) is 47.5. The van der Waals surface area contributed by atoms with Crippen molar-refractivity contribution in [1.29, 1.82) is 0 Å². The predicted octanol–water partition coefficient (Wildman–Crippen LogP) is 9.91. The number of carbonyl (C=O) groups excluding carboxylic acids is 4. The smallest absolute Gasteiger partial charge is 0.356 e. The lowest BCUT2D eigenvalue weighted by Crippen LogP contribution is -2.71. The van der Waals surface area contributed by atoms with Gasteiger partial charge in [0, 0.05) is 29.3 Å². The number of β-lactam (4-membered cyclic amide) rings is 1. The maximum atomic E-state index is 14.8. The van der Waals surface area contributed by atoms with Crippen LogP contribution in [0.25, 0.3) is 0 Å². The summed E-state index contributed by atoms with van der Waals surface area (Å²) < 4.78 is 12.0. The number of fused-ring (bicyclic) bond motifs is 1. The van der Waals surface area contributed by atoms with Crippen LogP contribution in [0, 0.1) is 0 Å². The average Bonchev–Trinajstić information content (AvgIpc) is 3.82. The molecule has 1 aromatic heterocycles. The molecule has 0 bridgehead atoms. The van der Waals surface area contributed by atoms with Gasteiger partial charge in [-0.15, -0.1) is 23.1 Å². The second kappa shape index (κ2) is 20.2. The number of ether oxygens (including phenoxy) is 2. The number of thiazole rings is 1. The van der Waals surface area contributed by atoms with Crippen LogP contribution in [0.5, 0.6) is 0 Å². The number of anilines is 1. The molecule has 352 valence electrons. The summed E-state index contributed by atoms with van der Waals surface area (Å²) in [6, 6.07) is 48.0. The molecule has 12 nitrogen and oxygen atoms in total. The quantitative estimate of drug-likeness (QED) is 0.0240. The standard InChI is InChI=1S/C54H50BrN5O7S2/c1-52(2,3)66-50(64)53(30-19-31-53)67-59-42(41-34-69-51(56-41)58-54(38-24-13-6-14-25-38,39-26-15-7-16-27-39)40-28-17-8-18-29-40)46(61)57-43-47(62)60-44(37(32-55)33-68-48(43)60)49(63)65-45(35-20-9-4-10-21-35)36-22-11-5-12-23-36/h4-18,20-29,34,43,45,48H,19,30-33H2,1-3H3,(H,56,58)(H,57,61)/b59-42-/t43-,48-/m1/s1. The Kier molecular flexibility index (Phi) is 13.9. The van der Waals surface area contributed by atoms with Gasteiger partial charge in [-0.05, 0) is 60.6 Å². The molecule has 1 saturated heterocycles. The van der Waals surface area contributed by atoms with Gasteiger partial charge in [0.15, 0.2) is 16.9 Å². The molecule has 2 aliphatic heterocycles. The van der Waals surface area contributed by atoms with Gasteiger partial charge < -0.3 is 24.9 Å². The third kappa shape index (κ3) is 9.72. The van der Waals surface area contributed by atoms with Gasteiger partial charge >= 0.3 is 11.9 Å². The number of rotatable bonds is 16. The summed E-state index contributed by atoms with van der Waals surface area (Å²) in [6.07, 6.45) is 0.629. The van der Waals surface area contributed by atoms with E-state index >= 15 is 0 Å². The summed E-state index contributed by atoms with van der Waals surface area (Å²) in [6.45, 7) is 5.33. The van der Waals surface area contributed by atoms with E-state index in [2.05, 4.69) is 68.1 Å². The molecule has 5 aromatic carbocycles. The van der Waals surface area contributed by atoms with Crippen LogP contribution >= 0.6 is 39.0 Å². The minimum absolute atomic E-state index is 0.137. The van der Waals surface area contributed by atoms with E-state index < -0.39 is 58.0 Å². The van der Waals surface area contributed by atoms with Gasteiger partial charge in [0.25, 0.3) is 11.8 Å². The number of nitrogens with zero attached hydrogens (tertiary/aromatic N) is 3. The van der Waals surface area contributed by atoms with Crippen molar-refractivity contribution < 1.29 is 33.5 Å². The molecule has 15 heteroatoms. The van der Waals surface area contributed by atoms with E-state index in [1.54, 1.807) is 26.2 Å². The molecule has 3 heterocycles. The SMILES string of the molecule is CC(C)(C)OC(=O)C1(O/N=C(\C(=O)N[C@@H]2C(=O)N3C(C(=O)OC(c4ccccc4)c4ccccc4)=C(CBr)CS[C@H]23)c2csc(NC(c3ccccc3)(c3ccccc3)c3ccccc3)n2)CCC1. The third-order valence-corrected chi connectivity index (χ3v) is 15.0. The fourth-order valence-electron chi connectivity index (χ4n) is 8.65. The van der Waals surface area contributed by atoms with Crippen molar-refractivity contribution in [2.45, 2.75) is 74.3 Å². The highest BCUT2D eigenvalue weighted by Crippen LogP contribution is 2.44. The Morgan fingerprint density at radius 2 is 1.33 bits per heavy atom. The molecule has 2 N–H and O–H groups in total. The zero-order valence-electron chi connectivity index (χ0n) is 38.2. The van der Waals surface area contributed by atoms with Gasteiger partial charge in [0.05, 0.1) is 0 Å². The van der Waals surface area contributed by atoms with Crippen LogP contribution in [-0.4, -0.2) is 73.0 Å². The van der Waals surface area contributed by atoms with E-state index in [9.17, 15) is 19.2 Å². The molecule has 9 rings (SSSR count). The van der Waals surface area contributed by atoms with Crippen molar-refractivity contribution in [2.75, 3.05) is 16.4 Å². The minimum Gasteiger partial charge on any atom is -0.457 e. The highest BCUT2D eigenvalue weighted by molar-refractivity contribution is 9.09. The van der Waals surface area contributed by atoms with E-state index in [1.807, 2.05) is 115 Å². The number of esters is 2. The van der Waals surface area contributed by atoms with Gasteiger partial charge in [0.2, 0.25) is 5.60 Å². The molecule has 0 spiro atoms. The van der Waals surface area contributed by atoms with Crippen molar-refractivity contribution >= 4 is 73.6 Å². The molecular formula is C54H50BrN5O7S2. The van der Waals surface area contributed by atoms with Gasteiger partial charge in [-0.25, -0.2) is 14.6 Å². The third-order valence-electron chi connectivity index (χ3n) is 12.2. The topological polar surface area (TPSA) is 149 Å². The van der Waals surface area contributed by atoms with E-state index in [0.29, 0.717) is 41.1 Å².